The number of hydrogen-bond donors (Lipinski definition) is 1. The van der Waals surface area contributed by atoms with Gasteiger partial charge in [-0.15, -0.1) is 0 Å². The first-order chi connectivity index (χ1) is 9.63. The summed E-state index contributed by atoms with van der Waals surface area (Å²) in [6, 6.07) is 1.84. The molecule has 110 valence electrons. The SMILES string of the molecule is CC(C)=CC[C@]1(CO)CCCN(Cc2ncccn2)C1. The third kappa shape index (κ3) is 4.12. The Morgan fingerprint density at radius 3 is 2.80 bits per heavy atom. The van der Waals surface area contributed by atoms with Crippen LogP contribution in [0.2, 0.25) is 0 Å². The van der Waals surface area contributed by atoms with Gasteiger partial charge in [-0.2, -0.15) is 0 Å². The summed E-state index contributed by atoms with van der Waals surface area (Å²) in [5, 5.41) is 9.85. The lowest BCUT2D eigenvalue weighted by atomic mass is 9.77. The quantitative estimate of drug-likeness (QED) is 0.838. The molecule has 1 atom stereocenters. The van der Waals surface area contributed by atoms with Crippen LogP contribution in [0, 0.1) is 5.41 Å². The van der Waals surface area contributed by atoms with E-state index in [1.165, 1.54) is 5.57 Å². The van der Waals surface area contributed by atoms with Gasteiger partial charge in [-0.05, 0) is 45.7 Å². The Morgan fingerprint density at radius 1 is 1.40 bits per heavy atom. The highest BCUT2D eigenvalue weighted by atomic mass is 16.3. The Hall–Kier alpha value is -1.26. The van der Waals surface area contributed by atoms with Crippen molar-refractivity contribution in [3.63, 3.8) is 0 Å². The molecular weight excluding hydrogens is 250 g/mol. The predicted molar refractivity (Wildman–Crippen MR) is 80.1 cm³/mol. The smallest absolute Gasteiger partial charge is 0.142 e. The standard InChI is InChI=1S/C16H25N3O/c1-14(2)5-7-16(13-20)6-3-10-19(12-16)11-15-17-8-4-9-18-15/h4-5,8-9,20H,3,6-7,10-13H2,1-2H3/t16-/m1/s1. The molecule has 0 aliphatic carbocycles. The van der Waals surface area contributed by atoms with Crippen LogP contribution in [-0.4, -0.2) is 39.7 Å². The molecule has 1 saturated heterocycles. The molecule has 0 unspecified atom stereocenters. The molecule has 1 aromatic rings. The Kier molecular flexibility index (Phi) is 5.26. The van der Waals surface area contributed by atoms with Crippen molar-refractivity contribution in [1.29, 1.82) is 0 Å². The summed E-state index contributed by atoms with van der Waals surface area (Å²) in [6.45, 7) is 7.24. The molecule has 20 heavy (non-hydrogen) atoms. The van der Waals surface area contributed by atoms with E-state index in [1.54, 1.807) is 12.4 Å². The van der Waals surface area contributed by atoms with Crippen LogP contribution in [0.5, 0.6) is 0 Å². The molecule has 0 aromatic carbocycles. The normalized spacial score (nSPS) is 23.6. The Labute approximate surface area is 121 Å². The van der Waals surface area contributed by atoms with Gasteiger partial charge in [-0.1, -0.05) is 11.6 Å². The van der Waals surface area contributed by atoms with E-state index in [4.69, 9.17) is 0 Å². The molecule has 1 aromatic heterocycles. The van der Waals surface area contributed by atoms with Gasteiger partial charge in [-0.25, -0.2) is 9.97 Å². The summed E-state index contributed by atoms with van der Waals surface area (Å²) in [5.41, 5.74) is 1.32. The third-order valence-corrected chi connectivity index (χ3v) is 4.00. The van der Waals surface area contributed by atoms with Crippen molar-refractivity contribution >= 4 is 0 Å². The van der Waals surface area contributed by atoms with Crippen LogP contribution in [0.4, 0.5) is 0 Å². The molecule has 4 nitrogen and oxygen atoms in total. The number of allylic oxidation sites excluding steroid dienone is 2. The van der Waals surface area contributed by atoms with E-state index in [1.807, 2.05) is 6.07 Å². The van der Waals surface area contributed by atoms with Crippen molar-refractivity contribution in [2.45, 2.75) is 39.7 Å². The summed E-state index contributed by atoms with van der Waals surface area (Å²) < 4.78 is 0. The zero-order valence-electron chi connectivity index (χ0n) is 12.5. The summed E-state index contributed by atoms with van der Waals surface area (Å²) >= 11 is 0. The Morgan fingerprint density at radius 2 is 2.15 bits per heavy atom. The van der Waals surface area contributed by atoms with Crippen molar-refractivity contribution in [2.24, 2.45) is 5.41 Å². The second kappa shape index (κ2) is 6.95. The van der Waals surface area contributed by atoms with E-state index in [2.05, 4.69) is 34.8 Å². The van der Waals surface area contributed by atoms with Crippen molar-refractivity contribution < 1.29 is 5.11 Å². The predicted octanol–water partition coefficient (Wildman–Crippen LogP) is 2.41. The number of likely N-dealkylation sites (tertiary alicyclic amines) is 1. The number of hydrogen-bond acceptors (Lipinski definition) is 4. The third-order valence-electron chi connectivity index (χ3n) is 4.00. The zero-order chi connectivity index (χ0) is 14.4. The second-order valence-corrected chi connectivity index (χ2v) is 6.12. The molecule has 0 amide bonds. The molecule has 2 rings (SSSR count). The maximum absolute atomic E-state index is 9.85. The van der Waals surface area contributed by atoms with Crippen molar-refractivity contribution in [3.8, 4) is 0 Å². The first-order valence-electron chi connectivity index (χ1n) is 7.36. The maximum atomic E-state index is 9.85. The van der Waals surface area contributed by atoms with Crippen LogP contribution in [0.15, 0.2) is 30.1 Å². The van der Waals surface area contributed by atoms with E-state index in [0.29, 0.717) is 0 Å². The largest absolute Gasteiger partial charge is 0.396 e. The van der Waals surface area contributed by atoms with Crippen LogP contribution >= 0.6 is 0 Å². The zero-order valence-corrected chi connectivity index (χ0v) is 12.5. The first kappa shape index (κ1) is 15.1. The van der Waals surface area contributed by atoms with Gasteiger partial charge in [0.15, 0.2) is 0 Å². The number of rotatable bonds is 5. The fraction of sp³-hybridized carbons (Fsp3) is 0.625. The van der Waals surface area contributed by atoms with Crippen LogP contribution in [-0.2, 0) is 6.54 Å². The lowest BCUT2D eigenvalue weighted by Crippen LogP contribution is -2.45. The van der Waals surface area contributed by atoms with Gasteiger partial charge in [0.25, 0.3) is 0 Å². The number of aromatic nitrogens is 2. The molecule has 1 aliphatic rings. The minimum atomic E-state index is 0.00427. The van der Waals surface area contributed by atoms with Crippen LogP contribution in [0.3, 0.4) is 0 Å². The summed E-state index contributed by atoms with van der Waals surface area (Å²) in [4.78, 5) is 11.0. The van der Waals surface area contributed by atoms with E-state index in [0.717, 1.165) is 44.7 Å². The summed E-state index contributed by atoms with van der Waals surface area (Å²) in [7, 11) is 0. The minimum Gasteiger partial charge on any atom is -0.396 e. The Balaban J connectivity index is 2.01. The van der Waals surface area contributed by atoms with Gasteiger partial charge in [0.1, 0.15) is 5.82 Å². The highest BCUT2D eigenvalue weighted by molar-refractivity contribution is 5.00. The molecule has 0 radical (unpaired) electrons. The van der Waals surface area contributed by atoms with Crippen LogP contribution in [0.25, 0.3) is 0 Å². The fourth-order valence-corrected chi connectivity index (χ4v) is 2.84. The van der Waals surface area contributed by atoms with Crippen LogP contribution in [0.1, 0.15) is 38.9 Å². The van der Waals surface area contributed by atoms with Gasteiger partial charge in [-0.3, -0.25) is 4.90 Å². The van der Waals surface area contributed by atoms with Gasteiger partial charge < -0.3 is 5.11 Å². The average Bonchev–Trinajstić information content (AvgIpc) is 2.47. The van der Waals surface area contributed by atoms with Gasteiger partial charge in [0, 0.05) is 24.4 Å². The van der Waals surface area contributed by atoms with Crippen molar-refractivity contribution in [2.75, 3.05) is 19.7 Å². The fourth-order valence-electron chi connectivity index (χ4n) is 2.84. The lowest BCUT2D eigenvalue weighted by Gasteiger charge is -2.41. The van der Waals surface area contributed by atoms with E-state index >= 15 is 0 Å². The highest BCUT2D eigenvalue weighted by Crippen LogP contribution is 2.34. The van der Waals surface area contributed by atoms with E-state index < -0.39 is 0 Å². The average molecular weight is 275 g/mol. The Bertz CT molecular complexity index is 442. The van der Waals surface area contributed by atoms with Crippen molar-refractivity contribution in [3.05, 3.63) is 35.9 Å². The molecule has 1 aliphatic heterocycles. The molecule has 1 fully saturated rings. The van der Waals surface area contributed by atoms with Gasteiger partial charge in [0.05, 0.1) is 13.2 Å². The monoisotopic (exact) mass is 275 g/mol. The van der Waals surface area contributed by atoms with Crippen molar-refractivity contribution in [1.82, 2.24) is 14.9 Å². The summed E-state index contributed by atoms with van der Waals surface area (Å²) in [5.74, 6) is 0.864. The number of aliphatic hydroxyl groups excluding tert-OH is 1. The molecule has 4 heteroatoms. The van der Waals surface area contributed by atoms with E-state index in [9.17, 15) is 5.11 Å². The molecule has 0 bridgehead atoms. The number of piperidine rings is 1. The topological polar surface area (TPSA) is 49.2 Å². The minimum absolute atomic E-state index is 0.00427. The molecular formula is C16H25N3O. The molecule has 0 saturated carbocycles. The van der Waals surface area contributed by atoms with Crippen LogP contribution < -0.4 is 0 Å². The molecule has 2 heterocycles. The first-order valence-corrected chi connectivity index (χ1v) is 7.36. The molecule has 1 N–H and O–H groups in total. The number of aliphatic hydroxyl groups is 1. The number of nitrogens with zero attached hydrogens (tertiary/aromatic N) is 3. The van der Waals surface area contributed by atoms with Gasteiger partial charge >= 0.3 is 0 Å². The second-order valence-electron chi connectivity index (χ2n) is 6.12. The molecule has 0 spiro atoms. The van der Waals surface area contributed by atoms with Gasteiger partial charge in [0.2, 0.25) is 0 Å². The highest BCUT2D eigenvalue weighted by Gasteiger charge is 2.34. The van der Waals surface area contributed by atoms with E-state index in [-0.39, 0.29) is 12.0 Å². The maximum Gasteiger partial charge on any atom is 0.142 e. The lowest BCUT2D eigenvalue weighted by molar-refractivity contribution is 0.0296. The summed E-state index contributed by atoms with van der Waals surface area (Å²) in [6.07, 6.45) is 9.00.